The van der Waals surface area contributed by atoms with Gasteiger partial charge in [0.25, 0.3) is 0 Å². The van der Waals surface area contributed by atoms with Crippen molar-refractivity contribution < 1.29 is 5.11 Å². The Balaban J connectivity index is 2.40. The quantitative estimate of drug-likeness (QED) is 0.926. The van der Waals surface area contributed by atoms with Crippen molar-refractivity contribution in [2.45, 2.75) is 6.10 Å². The molecule has 1 unspecified atom stereocenters. The monoisotopic (exact) mass is 300 g/mol. The third-order valence-corrected chi connectivity index (χ3v) is 3.25. The molecule has 0 spiro atoms. The number of benzene rings is 1. The highest BCUT2D eigenvalue weighted by atomic mass is 79.9. The van der Waals surface area contributed by atoms with E-state index < -0.39 is 6.10 Å². The van der Waals surface area contributed by atoms with Crippen molar-refractivity contribution in [3.8, 4) is 0 Å². The Morgan fingerprint density at radius 3 is 2.88 bits per heavy atom. The van der Waals surface area contributed by atoms with Crippen molar-refractivity contribution in [2.75, 3.05) is 0 Å². The van der Waals surface area contributed by atoms with Crippen LogP contribution in [0, 0.1) is 0 Å². The number of nitrogens with zero attached hydrogens (tertiary/aromatic N) is 2. The van der Waals surface area contributed by atoms with Crippen LogP contribution in [0.15, 0.2) is 35.1 Å². The molecule has 1 aromatic carbocycles. The molecule has 0 fully saturated rings. The Morgan fingerprint density at radius 2 is 2.25 bits per heavy atom. The van der Waals surface area contributed by atoms with Gasteiger partial charge >= 0.3 is 0 Å². The molecule has 1 atom stereocenters. The van der Waals surface area contributed by atoms with Gasteiger partial charge < -0.3 is 5.11 Å². The maximum atomic E-state index is 10.2. The van der Waals surface area contributed by atoms with E-state index in [0.717, 1.165) is 15.6 Å². The van der Waals surface area contributed by atoms with Gasteiger partial charge in [0.1, 0.15) is 6.10 Å². The summed E-state index contributed by atoms with van der Waals surface area (Å²) in [5, 5.41) is 14.8. The fraction of sp³-hybridized carbons (Fsp3) is 0.182. The average Bonchev–Trinajstić information content (AvgIpc) is 2.67. The Kier molecular flexibility index (Phi) is 3.33. The summed E-state index contributed by atoms with van der Waals surface area (Å²) >= 11 is 9.29. The van der Waals surface area contributed by atoms with Crippen LogP contribution in [0.2, 0.25) is 5.02 Å². The van der Waals surface area contributed by atoms with Crippen LogP contribution in [0.1, 0.15) is 17.2 Å². The van der Waals surface area contributed by atoms with E-state index in [2.05, 4.69) is 21.0 Å². The van der Waals surface area contributed by atoms with E-state index in [9.17, 15) is 5.11 Å². The van der Waals surface area contributed by atoms with E-state index >= 15 is 0 Å². The molecule has 0 aliphatic carbocycles. The van der Waals surface area contributed by atoms with Gasteiger partial charge in [0, 0.05) is 33.9 Å². The van der Waals surface area contributed by atoms with Gasteiger partial charge in [-0.1, -0.05) is 27.5 Å². The summed E-state index contributed by atoms with van der Waals surface area (Å²) in [5.74, 6) is 0. The zero-order chi connectivity index (χ0) is 11.7. The van der Waals surface area contributed by atoms with Crippen molar-refractivity contribution in [2.24, 2.45) is 7.05 Å². The second kappa shape index (κ2) is 4.57. The minimum absolute atomic E-state index is 0.598. The first kappa shape index (κ1) is 11.6. The summed E-state index contributed by atoms with van der Waals surface area (Å²) in [6, 6.07) is 5.33. The number of hydrogen-bond donors (Lipinski definition) is 1. The maximum Gasteiger partial charge on any atom is 0.108 e. The van der Waals surface area contributed by atoms with E-state index in [1.54, 1.807) is 29.2 Å². The zero-order valence-electron chi connectivity index (χ0n) is 8.56. The molecule has 0 saturated carbocycles. The van der Waals surface area contributed by atoms with Gasteiger partial charge in [-0.15, -0.1) is 0 Å². The number of aliphatic hydroxyl groups is 1. The molecule has 0 saturated heterocycles. The molecule has 2 aromatic rings. The van der Waals surface area contributed by atoms with Gasteiger partial charge in [0.15, 0.2) is 0 Å². The Labute approximate surface area is 107 Å². The topological polar surface area (TPSA) is 38.0 Å². The Bertz CT molecular complexity index is 512. The lowest BCUT2D eigenvalue weighted by molar-refractivity contribution is 0.219. The number of rotatable bonds is 2. The highest BCUT2D eigenvalue weighted by Crippen LogP contribution is 2.30. The van der Waals surface area contributed by atoms with Gasteiger partial charge in [0.05, 0.1) is 6.20 Å². The van der Waals surface area contributed by atoms with E-state index in [4.69, 9.17) is 11.6 Å². The molecule has 84 valence electrons. The Morgan fingerprint density at radius 1 is 1.50 bits per heavy atom. The third kappa shape index (κ3) is 2.29. The maximum absolute atomic E-state index is 10.2. The van der Waals surface area contributed by atoms with Gasteiger partial charge in [-0.2, -0.15) is 5.10 Å². The molecule has 3 nitrogen and oxygen atoms in total. The highest BCUT2D eigenvalue weighted by molar-refractivity contribution is 9.10. The third-order valence-electron chi connectivity index (χ3n) is 2.29. The van der Waals surface area contributed by atoms with Crippen molar-refractivity contribution in [3.05, 3.63) is 51.2 Å². The zero-order valence-corrected chi connectivity index (χ0v) is 10.9. The molecule has 0 bridgehead atoms. The lowest BCUT2D eigenvalue weighted by Gasteiger charge is -2.11. The van der Waals surface area contributed by atoms with E-state index in [1.807, 2.05) is 13.1 Å². The fourth-order valence-electron chi connectivity index (χ4n) is 1.49. The van der Waals surface area contributed by atoms with E-state index in [1.165, 1.54) is 0 Å². The molecule has 0 radical (unpaired) electrons. The van der Waals surface area contributed by atoms with Crippen molar-refractivity contribution in [3.63, 3.8) is 0 Å². The summed E-state index contributed by atoms with van der Waals surface area (Å²) in [6.45, 7) is 0. The number of aryl methyl sites for hydroxylation is 1. The van der Waals surface area contributed by atoms with Crippen LogP contribution >= 0.6 is 27.5 Å². The van der Waals surface area contributed by atoms with Crippen LogP contribution in [0.25, 0.3) is 0 Å². The van der Waals surface area contributed by atoms with Crippen LogP contribution in [0.5, 0.6) is 0 Å². The Hall–Kier alpha value is -0.840. The molecule has 0 aliphatic heterocycles. The van der Waals surface area contributed by atoms with Crippen molar-refractivity contribution in [1.82, 2.24) is 9.78 Å². The predicted molar refractivity (Wildman–Crippen MR) is 66.4 cm³/mol. The molecular formula is C11H10BrClN2O. The summed E-state index contributed by atoms with van der Waals surface area (Å²) in [6.07, 6.45) is 2.69. The van der Waals surface area contributed by atoms with Gasteiger partial charge in [0.2, 0.25) is 0 Å². The molecule has 2 rings (SSSR count). The largest absolute Gasteiger partial charge is 0.383 e. The fourth-order valence-corrected chi connectivity index (χ4v) is 2.13. The summed E-state index contributed by atoms with van der Waals surface area (Å²) in [4.78, 5) is 0. The molecule has 1 N–H and O–H groups in total. The number of halogens is 2. The van der Waals surface area contributed by atoms with Crippen LogP contribution < -0.4 is 0 Å². The SMILES string of the molecule is Cn1cc(C(O)c2cc(Cl)ccc2Br)cn1. The molecule has 1 aromatic heterocycles. The smallest absolute Gasteiger partial charge is 0.108 e. The normalized spacial score (nSPS) is 12.8. The van der Waals surface area contributed by atoms with Gasteiger partial charge in [-0.25, -0.2) is 0 Å². The molecule has 16 heavy (non-hydrogen) atoms. The molecular weight excluding hydrogens is 291 g/mol. The minimum atomic E-state index is -0.721. The molecule has 1 heterocycles. The van der Waals surface area contributed by atoms with E-state index in [0.29, 0.717) is 5.02 Å². The summed E-state index contributed by atoms with van der Waals surface area (Å²) in [7, 11) is 1.81. The second-order valence-electron chi connectivity index (χ2n) is 3.52. The molecule has 0 amide bonds. The van der Waals surface area contributed by atoms with Crippen LogP contribution in [0.4, 0.5) is 0 Å². The van der Waals surface area contributed by atoms with Crippen LogP contribution in [0.3, 0.4) is 0 Å². The number of aromatic nitrogens is 2. The van der Waals surface area contributed by atoms with E-state index in [-0.39, 0.29) is 0 Å². The summed E-state index contributed by atoms with van der Waals surface area (Å²) in [5.41, 5.74) is 1.48. The second-order valence-corrected chi connectivity index (χ2v) is 4.81. The van der Waals surface area contributed by atoms with Crippen LogP contribution in [-0.4, -0.2) is 14.9 Å². The van der Waals surface area contributed by atoms with Crippen molar-refractivity contribution >= 4 is 27.5 Å². The lowest BCUT2D eigenvalue weighted by Crippen LogP contribution is -1.99. The average molecular weight is 302 g/mol. The highest BCUT2D eigenvalue weighted by Gasteiger charge is 2.15. The molecule has 5 heteroatoms. The number of aliphatic hydroxyl groups excluding tert-OH is 1. The number of hydrogen-bond acceptors (Lipinski definition) is 2. The standard InChI is InChI=1S/C11H10BrClN2O/c1-15-6-7(5-14-15)11(16)9-4-8(13)2-3-10(9)12/h2-6,11,16H,1H3. The summed E-state index contributed by atoms with van der Waals surface area (Å²) < 4.78 is 2.48. The van der Waals surface area contributed by atoms with Gasteiger partial charge in [-0.3, -0.25) is 4.68 Å². The lowest BCUT2D eigenvalue weighted by atomic mass is 10.1. The minimum Gasteiger partial charge on any atom is -0.383 e. The molecule has 0 aliphatic rings. The van der Waals surface area contributed by atoms with Crippen LogP contribution in [-0.2, 0) is 7.05 Å². The first-order chi connectivity index (χ1) is 7.58. The predicted octanol–water partition coefficient (Wildman–Crippen LogP) is 2.92. The van der Waals surface area contributed by atoms with Gasteiger partial charge in [-0.05, 0) is 18.2 Å². The first-order valence-corrected chi connectivity index (χ1v) is 5.86. The first-order valence-electron chi connectivity index (χ1n) is 4.69. The van der Waals surface area contributed by atoms with Crippen molar-refractivity contribution in [1.29, 1.82) is 0 Å².